The summed E-state index contributed by atoms with van der Waals surface area (Å²) in [4.78, 5) is 18.2. The summed E-state index contributed by atoms with van der Waals surface area (Å²) >= 11 is 0. The first-order valence-corrected chi connectivity index (χ1v) is 10.3. The van der Waals surface area contributed by atoms with Gasteiger partial charge in [0.1, 0.15) is 11.5 Å². The lowest BCUT2D eigenvalue weighted by molar-refractivity contribution is 0.414. The Morgan fingerprint density at radius 3 is 2.06 bits per heavy atom. The van der Waals surface area contributed by atoms with Crippen LogP contribution in [0, 0.1) is 0 Å². The fourth-order valence-electron chi connectivity index (χ4n) is 3.52. The number of H-pyrrole nitrogens is 1. The minimum absolute atomic E-state index is 0.141. The van der Waals surface area contributed by atoms with Crippen molar-refractivity contribution in [1.29, 1.82) is 0 Å². The molecular formula is C26H25N3O3. The third kappa shape index (κ3) is 4.34. The van der Waals surface area contributed by atoms with E-state index in [0.29, 0.717) is 17.8 Å². The second-order valence-electron chi connectivity index (χ2n) is 7.32. The van der Waals surface area contributed by atoms with Crippen molar-refractivity contribution in [2.24, 2.45) is 4.99 Å². The summed E-state index contributed by atoms with van der Waals surface area (Å²) < 4.78 is 12.0. The Morgan fingerprint density at radius 1 is 0.875 bits per heavy atom. The normalized spacial score (nSPS) is 11.4. The van der Waals surface area contributed by atoms with Gasteiger partial charge in [-0.25, -0.2) is 4.68 Å². The maximum atomic E-state index is 13.4. The monoisotopic (exact) mass is 427 g/mol. The summed E-state index contributed by atoms with van der Waals surface area (Å²) in [5.41, 5.74) is 4.48. The number of aromatic amines is 1. The first-order chi connectivity index (χ1) is 15.6. The molecule has 0 atom stereocenters. The topological polar surface area (TPSA) is 68.6 Å². The zero-order chi connectivity index (χ0) is 22.5. The number of rotatable bonds is 7. The number of nitrogens with one attached hydrogen (secondary N) is 1. The molecule has 0 aliphatic carbocycles. The highest BCUT2D eigenvalue weighted by Crippen LogP contribution is 2.24. The van der Waals surface area contributed by atoms with Gasteiger partial charge in [0.15, 0.2) is 0 Å². The van der Waals surface area contributed by atoms with Gasteiger partial charge in [0.2, 0.25) is 0 Å². The van der Waals surface area contributed by atoms with Gasteiger partial charge in [-0.1, -0.05) is 30.3 Å². The fourth-order valence-corrected chi connectivity index (χ4v) is 3.52. The van der Waals surface area contributed by atoms with Gasteiger partial charge in [-0.2, -0.15) is 0 Å². The van der Waals surface area contributed by atoms with E-state index >= 15 is 0 Å². The molecule has 0 fully saturated rings. The van der Waals surface area contributed by atoms with Gasteiger partial charge in [0.05, 0.1) is 37.7 Å². The predicted octanol–water partition coefficient (Wildman–Crippen LogP) is 4.86. The molecule has 32 heavy (non-hydrogen) atoms. The Hall–Kier alpha value is -4.06. The molecule has 0 aliphatic rings. The maximum Gasteiger partial charge on any atom is 0.280 e. The fraction of sp³-hybridized carbons (Fsp3) is 0.154. The van der Waals surface area contributed by atoms with Crippen LogP contribution in [-0.4, -0.2) is 29.7 Å². The molecule has 0 saturated carbocycles. The average Bonchev–Trinajstić information content (AvgIpc) is 3.20. The zero-order valence-corrected chi connectivity index (χ0v) is 18.3. The summed E-state index contributed by atoms with van der Waals surface area (Å²) in [6.07, 6.45) is 0. The molecule has 0 unspecified atom stereocenters. The molecule has 0 aliphatic heterocycles. The van der Waals surface area contributed by atoms with E-state index in [0.717, 1.165) is 34.0 Å². The van der Waals surface area contributed by atoms with E-state index in [4.69, 9.17) is 14.5 Å². The number of aliphatic imine (C=N–C) groups is 1. The number of methoxy groups -OCH3 is 2. The van der Waals surface area contributed by atoms with E-state index in [1.807, 2.05) is 85.8 Å². The number of benzene rings is 3. The maximum absolute atomic E-state index is 13.4. The molecule has 4 rings (SSSR count). The lowest BCUT2D eigenvalue weighted by atomic mass is 10.0. The van der Waals surface area contributed by atoms with Crippen molar-refractivity contribution in [1.82, 2.24) is 9.78 Å². The lowest BCUT2D eigenvalue weighted by Gasteiger charge is -2.05. The molecule has 0 saturated heterocycles. The molecule has 0 amide bonds. The van der Waals surface area contributed by atoms with Crippen molar-refractivity contribution in [2.75, 3.05) is 14.2 Å². The van der Waals surface area contributed by atoms with E-state index in [2.05, 4.69) is 5.10 Å². The Kier molecular flexibility index (Phi) is 6.22. The molecule has 0 spiro atoms. The number of hydrogen-bond donors (Lipinski definition) is 1. The van der Waals surface area contributed by atoms with Crippen molar-refractivity contribution in [2.45, 2.75) is 13.5 Å². The first kappa shape index (κ1) is 21.2. The molecular weight excluding hydrogens is 402 g/mol. The SMILES string of the molecule is COc1ccc(CN=C(C)c2c(-c3ccc(OC)cc3)[nH]n(-c3ccccc3)c2=O)cc1. The van der Waals surface area contributed by atoms with Gasteiger partial charge in [0, 0.05) is 11.3 Å². The summed E-state index contributed by atoms with van der Waals surface area (Å²) in [6.45, 7) is 2.34. The van der Waals surface area contributed by atoms with Crippen LogP contribution >= 0.6 is 0 Å². The summed E-state index contributed by atoms with van der Waals surface area (Å²) in [7, 11) is 3.27. The second-order valence-corrected chi connectivity index (χ2v) is 7.32. The van der Waals surface area contributed by atoms with Gasteiger partial charge in [-0.3, -0.25) is 14.9 Å². The molecule has 1 aromatic heterocycles. The molecule has 4 aromatic rings. The largest absolute Gasteiger partial charge is 0.497 e. The van der Waals surface area contributed by atoms with Gasteiger partial charge < -0.3 is 9.47 Å². The summed E-state index contributed by atoms with van der Waals surface area (Å²) in [6, 6.07) is 24.9. The Labute approximate surface area is 186 Å². The molecule has 0 bridgehead atoms. The van der Waals surface area contributed by atoms with Crippen molar-refractivity contribution in [3.8, 4) is 28.4 Å². The lowest BCUT2D eigenvalue weighted by Crippen LogP contribution is -2.19. The van der Waals surface area contributed by atoms with Crippen molar-refractivity contribution in [3.63, 3.8) is 0 Å². The molecule has 6 nitrogen and oxygen atoms in total. The van der Waals surface area contributed by atoms with Crippen LogP contribution in [0.3, 0.4) is 0 Å². The van der Waals surface area contributed by atoms with E-state index in [1.54, 1.807) is 18.9 Å². The van der Waals surface area contributed by atoms with Crippen LogP contribution < -0.4 is 15.0 Å². The molecule has 0 radical (unpaired) electrons. The molecule has 1 heterocycles. The standard InChI is InChI=1S/C26H25N3O3/c1-18(27-17-19-9-13-22(31-2)14-10-19)24-25(20-11-15-23(32-3)16-12-20)28-29(26(24)30)21-7-5-4-6-8-21/h4-16,28H,17H2,1-3H3. The van der Waals surface area contributed by atoms with Gasteiger partial charge >= 0.3 is 0 Å². The highest BCUT2D eigenvalue weighted by atomic mass is 16.5. The van der Waals surface area contributed by atoms with Gasteiger partial charge in [0.25, 0.3) is 5.56 Å². The molecule has 162 valence electrons. The van der Waals surface area contributed by atoms with Gasteiger partial charge in [-0.15, -0.1) is 0 Å². The van der Waals surface area contributed by atoms with Crippen LogP contribution in [0.1, 0.15) is 18.1 Å². The molecule has 6 heteroatoms. The Bertz CT molecular complexity index is 1270. The Balaban J connectivity index is 1.77. The Morgan fingerprint density at radius 2 is 1.47 bits per heavy atom. The molecule has 1 N–H and O–H groups in total. The van der Waals surface area contributed by atoms with Crippen LogP contribution in [0.5, 0.6) is 11.5 Å². The van der Waals surface area contributed by atoms with Crippen LogP contribution in [0.4, 0.5) is 0 Å². The second kappa shape index (κ2) is 9.39. The zero-order valence-electron chi connectivity index (χ0n) is 18.3. The predicted molar refractivity (Wildman–Crippen MR) is 127 cm³/mol. The molecule has 3 aromatic carbocycles. The third-order valence-electron chi connectivity index (χ3n) is 5.30. The van der Waals surface area contributed by atoms with E-state index in [9.17, 15) is 4.79 Å². The highest BCUT2D eigenvalue weighted by molar-refractivity contribution is 6.03. The number of aromatic nitrogens is 2. The van der Waals surface area contributed by atoms with Crippen molar-refractivity contribution >= 4 is 5.71 Å². The number of ether oxygens (including phenoxy) is 2. The first-order valence-electron chi connectivity index (χ1n) is 10.3. The van der Waals surface area contributed by atoms with Crippen molar-refractivity contribution < 1.29 is 9.47 Å². The summed E-state index contributed by atoms with van der Waals surface area (Å²) in [5, 5.41) is 3.28. The van der Waals surface area contributed by atoms with Crippen LogP contribution in [-0.2, 0) is 6.54 Å². The smallest absolute Gasteiger partial charge is 0.280 e. The number of para-hydroxylation sites is 1. The van der Waals surface area contributed by atoms with Crippen molar-refractivity contribution in [3.05, 3.63) is 100 Å². The quantitative estimate of drug-likeness (QED) is 0.428. The van der Waals surface area contributed by atoms with E-state index in [1.165, 1.54) is 0 Å². The van der Waals surface area contributed by atoms with Crippen LogP contribution in [0.15, 0.2) is 88.6 Å². The van der Waals surface area contributed by atoms with E-state index < -0.39 is 0 Å². The number of nitrogens with zero attached hydrogens (tertiary/aromatic N) is 2. The van der Waals surface area contributed by atoms with Crippen LogP contribution in [0.2, 0.25) is 0 Å². The minimum Gasteiger partial charge on any atom is -0.497 e. The average molecular weight is 428 g/mol. The minimum atomic E-state index is -0.141. The van der Waals surface area contributed by atoms with E-state index in [-0.39, 0.29) is 5.56 Å². The highest BCUT2D eigenvalue weighted by Gasteiger charge is 2.19. The van der Waals surface area contributed by atoms with Gasteiger partial charge in [-0.05, 0) is 61.0 Å². The van der Waals surface area contributed by atoms with Crippen LogP contribution in [0.25, 0.3) is 16.9 Å². The summed E-state index contributed by atoms with van der Waals surface area (Å²) in [5.74, 6) is 1.55. The number of hydrogen-bond acceptors (Lipinski definition) is 4. The third-order valence-corrected chi connectivity index (χ3v) is 5.30.